The molecule has 1 N–H and O–H groups in total. The average molecular weight is 421 g/mol. The molecule has 0 radical (unpaired) electrons. The van der Waals surface area contributed by atoms with Crippen LogP contribution in [0.25, 0.3) is 11.3 Å². The van der Waals surface area contributed by atoms with Gasteiger partial charge in [-0.2, -0.15) is 18.3 Å². The number of carbonyl (C=O) groups is 1. The molecule has 6 nitrogen and oxygen atoms in total. The summed E-state index contributed by atoms with van der Waals surface area (Å²) in [6.07, 6.45) is -4.91. The zero-order valence-electron chi connectivity index (χ0n) is 15.5. The summed E-state index contributed by atoms with van der Waals surface area (Å²) in [6.45, 7) is -0.540. The summed E-state index contributed by atoms with van der Waals surface area (Å²) < 4.78 is 57.7. The Kier molecular flexibility index (Phi) is 5.86. The van der Waals surface area contributed by atoms with Crippen molar-refractivity contribution in [3.63, 3.8) is 0 Å². The third-order valence-corrected chi connectivity index (χ3v) is 4.10. The van der Waals surface area contributed by atoms with Crippen LogP contribution in [0.1, 0.15) is 5.56 Å². The molecule has 2 aromatic carbocycles. The lowest BCUT2D eigenvalue weighted by molar-refractivity contribution is -0.140. The number of halogens is 4. The Hall–Kier alpha value is -3.69. The second kappa shape index (κ2) is 8.36. The highest BCUT2D eigenvalue weighted by Gasteiger charge is 2.34. The second-order valence-corrected chi connectivity index (χ2v) is 6.18. The van der Waals surface area contributed by atoms with Gasteiger partial charge in [-0.15, -0.1) is 0 Å². The maximum Gasteiger partial charge on any atom is 0.419 e. The maximum atomic E-state index is 13.4. The van der Waals surface area contributed by atoms with Crippen LogP contribution >= 0.6 is 0 Å². The predicted octanol–water partition coefficient (Wildman–Crippen LogP) is 3.72. The molecule has 0 saturated carbocycles. The van der Waals surface area contributed by atoms with Crippen LogP contribution in [0.3, 0.4) is 0 Å². The van der Waals surface area contributed by atoms with Crippen molar-refractivity contribution in [3.8, 4) is 17.0 Å². The third-order valence-electron chi connectivity index (χ3n) is 4.10. The SMILES string of the molecule is COc1ccc(-c2ccc(=O)n(CC(=O)Nc3ccc(F)c(C(F)(F)F)c3)n2)cc1. The molecule has 0 bridgehead atoms. The third kappa shape index (κ3) is 4.83. The summed E-state index contributed by atoms with van der Waals surface area (Å²) in [6, 6.07) is 11.6. The first-order valence-electron chi connectivity index (χ1n) is 8.56. The van der Waals surface area contributed by atoms with E-state index in [1.165, 1.54) is 19.2 Å². The first kappa shape index (κ1) is 21.0. The highest BCUT2D eigenvalue weighted by molar-refractivity contribution is 5.90. The van der Waals surface area contributed by atoms with Crippen molar-refractivity contribution in [2.75, 3.05) is 12.4 Å². The highest BCUT2D eigenvalue weighted by atomic mass is 19.4. The number of benzene rings is 2. The van der Waals surface area contributed by atoms with Crippen LogP contribution in [0.15, 0.2) is 59.4 Å². The first-order chi connectivity index (χ1) is 14.2. The Balaban J connectivity index is 1.79. The molecule has 1 amide bonds. The molecule has 1 aromatic heterocycles. The van der Waals surface area contributed by atoms with Gasteiger partial charge >= 0.3 is 6.18 Å². The number of carbonyl (C=O) groups excluding carboxylic acids is 1. The number of methoxy groups -OCH3 is 1. The van der Waals surface area contributed by atoms with E-state index in [0.717, 1.165) is 10.7 Å². The molecule has 3 aromatic rings. The molecule has 30 heavy (non-hydrogen) atoms. The summed E-state index contributed by atoms with van der Waals surface area (Å²) in [7, 11) is 1.52. The molecule has 0 fully saturated rings. The van der Waals surface area contributed by atoms with Crippen molar-refractivity contribution in [2.45, 2.75) is 12.7 Å². The van der Waals surface area contributed by atoms with E-state index in [-0.39, 0.29) is 5.69 Å². The van der Waals surface area contributed by atoms with E-state index in [1.807, 2.05) is 0 Å². The van der Waals surface area contributed by atoms with Crippen LogP contribution in [0.2, 0.25) is 0 Å². The quantitative estimate of drug-likeness (QED) is 0.638. The standard InChI is InChI=1S/C20H15F4N3O3/c1-30-14-5-2-12(3-6-14)17-8-9-19(29)27(26-17)11-18(28)25-13-4-7-16(21)15(10-13)20(22,23)24/h2-10H,11H2,1H3,(H,25,28). The van der Waals surface area contributed by atoms with Gasteiger partial charge in [-0.25, -0.2) is 9.07 Å². The molecule has 10 heteroatoms. The average Bonchev–Trinajstić information content (AvgIpc) is 2.70. The van der Waals surface area contributed by atoms with Crippen LogP contribution in [0, 0.1) is 5.82 Å². The largest absolute Gasteiger partial charge is 0.497 e. The minimum atomic E-state index is -4.91. The van der Waals surface area contributed by atoms with Crippen molar-refractivity contribution in [3.05, 3.63) is 76.3 Å². The van der Waals surface area contributed by atoms with E-state index in [4.69, 9.17) is 4.74 Å². The minimum Gasteiger partial charge on any atom is -0.497 e. The number of rotatable bonds is 5. The molecule has 0 aliphatic carbocycles. The number of anilines is 1. The van der Waals surface area contributed by atoms with Crippen LogP contribution in [0.5, 0.6) is 5.75 Å². The molecular weight excluding hydrogens is 406 g/mol. The van der Waals surface area contributed by atoms with Gasteiger partial charge in [-0.3, -0.25) is 9.59 Å². The summed E-state index contributed by atoms with van der Waals surface area (Å²) in [4.78, 5) is 24.2. The van der Waals surface area contributed by atoms with E-state index in [1.54, 1.807) is 24.3 Å². The molecule has 1 heterocycles. The molecule has 0 spiro atoms. The number of aromatic nitrogens is 2. The van der Waals surface area contributed by atoms with Gasteiger partial charge in [0, 0.05) is 17.3 Å². The van der Waals surface area contributed by atoms with Crippen molar-refractivity contribution >= 4 is 11.6 Å². The van der Waals surface area contributed by atoms with E-state index < -0.39 is 35.6 Å². The van der Waals surface area contributed by atoms with E-state index in [9.17, 15) is 27.2 Å². The lowest BCUT2D eigenvalue weighted by atomic mass is 10.1. The molecular formula is C20H15F4N3O3. The lowest BCUT2D eigenvalue weighted by Crippen LogP contribution is -2.29. The fourth-order valence-electron chi connectivity index (χ4n) is 2.63. The Morgan fingerprint density at radius 1 is 1.10 bits per heavy atom. The number of amides is 1. The normalized spacial score (nSPS) is 11.2. The number of nitrogens with zero attached hydrogens (tertiary/aromatic N) is 2. The number of alkyl halides is 3. The topological polar surface area (TPSA) is 73.2 Å². The number of ether oxygens (including phenoxy) is 1. The van der Waals surface area contributed by atoms with Gasteiger partial charge in [0.1, 0.15) is 18.1 Å². The molecule has 156 valence electrons. The van der Waals surface area contributed by atoms with Crippen molar-refractivity contribution < 1.29 is 27.1 Å². The van der Waals surface area contributed by atoms with Crippen LogP contribution < -0.4 is 15.6 Å². The number of nitrogens with one attached hydrogen (secondary N) is 1. The first-order valence-corrected chi connectivity index (χ1v) is 8.56. The van der Waals surface area contributed by atoms with Gasteiger partial charge in [0.25, 0.3) is 5.56 Å². The van der Waals surface area contributed by atoms with Gasteiger partial charge in [0.15, 0.2) is 0 Å². The zero-order valence-corrected chi connectivity index (χ0v) is 15.5. The number of hydrogen-bond donors (Lipinski definition) is 1. The summed E-state index contributed by atoms with van der Waals surface area (Å²) >= 11 is 0. The molecule has 0 aliphatic rings. The fraction of sp³-hybridized carbons (Fsp3) is 0.150. The lowest BCUT2D eigenvalue weighted by Gasteiger charge is -2.12. The second-order valence-electron chi connectivity index (χ2n) is 6.18. The smallest absolute Gasteiger partial charge is 0.419 e. The highest BCUT2D eigenvalue weighted by Crippen LogP contribution is 2.33. The van der Waals surface area contributed by atoms with Gasteiger partial charge in [0.2, 0.25) is 5.91 Å². The Morgan fingerprint density at radius 2 is 1.80 bits per heavy atom. The molecule has 3 rings (SSSR count). The van der Waals surface area contributed by atoms with Crippen LogP contribution in [-0.2, 0) is 17.5 Å². The summed E-state index contributed by atoms with van der Waals surface area (Å²) in [5, 5.41) is 6.32. The monoisotopic (exact) mass is 421 g/mol. The van der Waals surface area contributed by atoms with Gasteiger partial charge in [0.05, 0.1) is 18.4 Å². The zero-order chi connectivity index (χ0) is 21.9. The van der Waals surface area contributed by atoms with Gasteiger partial charge < -0.3 is 10.1 Å². The molecule has 0 saturated heterocycles. The van der Waals surface area contributed by atoms with Gasteiger partial charge in [-0.05, 0) is 48.5 Å². The summed E-state index contributed by atoms with van der Waals surface area (Å²) in [5.41, 5.74) is -1.26. The van der Waals surface area contributed by atoms with Crippen molar-refractivity contribution in [2.24, 2.45) is 0 Å². The van der Waals surface area contributed by atoms with Crippen LogP contribution in [-0.4, -0.2) is 22.8 Å². The minimum absolute atomic E-state index is 0.256. The Labute approximate surface area is 167 Å². The molecule has 0 unspecified atom stereocenters. The molecule has 0 atom stereocenters. The van der Waals surface area contributed by atoms with Gasteiger partial charge in [-0.1, -0.05) is 0 Å². The number of hydrogen-bond acceptors (Lipinski definition) is 4. The predicted molar refractivity (Wildman–Crippen MR) is 101 cm³/mol. The van der Waals surface area contributed by atoms with E-state index in [2.05, 4.69) is 10.4 Å². The fourth-order valence-corrected chi connectivity index (χ4v) is 2.63. The molecule has 0 aliphatic heterocycles. The van der Waals surface area contributed by atoms with Crippen molar-refractivity contribution in [1.29, 1.82) is 0 Å². The van der Waals surface area contributed by atoms with E-state index in [0.29, 0.717) is 29.1 Å². The van der Waals surface area contributed by atoms with Crippen molar-refractivity contribution in [1.82, 2.24) is 9.78 Å². The Morgan fingerprint density at radius 3 is 2.43 bits per heavy atom. The maximum absolute atomic E-state index is 13.4. The van der Waals surface area contributed by atoms with Crippen LogP contribution in [0.4, 0.5) is 23.2 Å². The Bertz CT molecular complexity index is 1130. The van der Waals surface area contributed by atoms with E-state index >= 15 is 0 Å². The summed E-state index contributed by atoms with van der Waals surface area (Å²) in [5.74, 6) is -1.62.